The predicted molar refractivity (Wildman–Crippen MR) is 91.8 cm³/mol. The molecule has 6 heteroatoms. The van der Waals surface area contributed by atoms with Gasteiger partial charge in [0.05, 0.1) is 28.3 Å². The van der Waals surface area contributed by atoms with Crippen LogP contribution in [0.25, 0.3) is 11.0 Å². The van der Waals surface area contributed by atoms with Gasteiger partial charge in [-0.25, -0.2) is 4.98 Å². The first-order valence-electron chi connectivity index (χ1n) is 8.44. The highest BCUT2D eigenvalue weighted by Crippen LogP contribution is 2.36. The van der Waals surface area contributed by atoms with Gasteiger partial charge in [0.2, 0.25) is 0 Å². The minimum absolute atomic E-state index is 0.320. The zero-order valence-electron chi connectivity index (χ0n) is 14.3. The van der Waals surface area contributed by atoms with Crippen LogP contribution in [-0.2, 0) is 9.31 Å². The lowest BCUT2D eigenvalue weighted by Gasteiger charge is -2.32. The molecule has 0 bridgehead atoms. The van der Waals surface area contributed by atoms with E-state index in [4.69, 9.17) is 14.3 Å². The first-order chi connectivity index (χ1) is 10.9. The lowest BCUT2D eigenvalue weighted by Crippen LogP contribution is -2.41. The van der Waals surface area contributed by atoms with Gasteiger partial charge >= 0.3 is 7.12 Å². The molecule has 2 fully saturated rings. The standard InChI is InChI=1S/C17H24BN3O2/c1-16(2)17(3,4)23-18(22-16)11-7-8-12-14(10-11)21-15(20-12)13-6-5-9-19-13/h7-8,10,13,19H,5-6,9H2,1-4H3,(H,20,21). The summed E-state index contributed by atoms with van der Waals surface area (Å²) in [4.78, 5) is 8.18. The zero-order valence-corrected chi connectivity index (χ0v) is 14.3. The Bertz CT molecular complexity index is 719. The van der Waals surface area contributed by atoms with Gasteiger partial charge in [0.25, 0.3) is 0 Å². The molecule has 3 heterocycles. The van der Waals surface area contributed by atoms with Crippen molar-refractivity contribution in [1.29, 1.82) is 0 Å². The fraction of sp³-hybridized carbons (Fsp3) is 0.588. The lowest BCUT2D eigenvalue weighted by atomic mass is 9.79. The number of benzene rings is 1. The molecule has 0 saturated carbocycles. The van der Waals surface area contributed by atoms with Crippen LogP contribution in [0.15, 0.2) is 18.2 Å². The second-order valence-corrected chi connectivity index (χ2v) is 7.64. The van der Waals surface area contributed by atoms with E-state index < -0.39 is 0 Å². The summed E-state index contributed by atoms with van der Waals surface area (Å²) in [7, 11) is -0.333. The van der Waals surface area contributed by atoms with E-state index in [0.717, 1.165) is 35.3 Å². The van der Waals surface area contributed by atoms with Crippen LogP contribution in [0, 0.1) is 0 Å². The molecule has 0 amide bonds. The Balaban J connectivity index is 1.64. The van der Waals surface area contributed by atoms with Gasteiger partial charge in [-0.2, -0.15) is 0 Å². The molecule has 1 atom stereocenters. The molecule has 122 valence electrons. The number of rotatable bonds is 2. The Labute approximate surface area is 137 Å². The molecule has 2 aromatic rings. The minimum Gasteiger partial charge on any atom is -0.399 e. The zero-order chi connectivity index (χ0) is 16.2. The SMILES string of the molecule is CC1(C)OB(c2ccc3nc(C4CCCN4)[nH]c3c2)OC1(C)C. The summed E-state index contributed by atoms with van der Waals surface area (Å²) in [6, 6.07) is 6.55. The number of H-pyrrole nitrogens is 1. The van der Waals surface area contributed by atoms with Crippen LogP contribution in [0.1, 0.15) is 52.4 Å². The van der Waals surface area contributed by atoms with Gasteiger partial charge in [-0.3, -0.25) is 0 Å². The van der Waals surface area contributed by atoms with Gasteiger partial charge in [0.15, 0.2) is 0 Å². The molecule has 2 aliphatic rings. The molecule has 1 aromatic carbocycles. The average molecular weight is 313 g/mol. The summed E-state index contributed by atoms with van der Waals surface area (Å²) in [6.07, 6.45) is 2.35. The van der Waals surface area contributed by atoms with Crippen LogP contribution in [0.3, 0.4) is 0 Å². The predicted octanol–water partition coefficient (Wildman–Crippen LogP) is 2.29. The van der Waals surface area contributed by atoms with Crippen molar-refractivity contribution in [2.75, 3.05) is 6.54 Å². The Morgan fingerprint density at radius 1 is 1.17 bits per heavy atom. The lowest BCUT2D eigenvalue weighted by molar-refractivity contribution is 0.00578. The van der Waals surface area contributed by atoms with Crippen molar-refractivity contribution in [3.63, 3.8) is 0 Å². The fourth-order valence-corrected chi connectivity index (χ4v) is 3.26. The van der Waals surface area contributed by atoms with Gasteiger partial charge in [0, 0.05) is 0 Å². The van der Waals surface area contributed by atoms with Crippen LogP contribution in [0.2, 0.25) is 0 Å². The molecule has 5 nitrogen and oxygen atoms in total. The maximum absolute atomic E-state index is 6.14. The summed E-state index contributed by atoms with van der Waals surface area (Å²) in [5.41, 5.74) is 2.43. The van der Waals surface area contributed by atoms with Crippen LogP contribution >= 0.6 is 0 Å². The molecule has 0 aliphatic carbocycles. The van der Waals surface area contributed by atoms with E-state index in [1.165, 1.54) is 6.42 Å². The van der Waals surface area contributed by atoms with Gasteiger partial charge in [0.1, 0.15) is 5.82 Å². The van der Waals surface area contributed by atoms with Crippen molar-refractivity contribution in [2.45, 2.75) is 57.8 Å². The fourth-order valence-electron chi connectivity index (χ4n) is 3.26. The largest absolute Gasteiger partial charge is 0.494 e. The van der Waals surface area contributed by atoms with E-state index >= 15 is 0 Å². The second-order valence-electron chi connectivity index (χ2n) is 7.64. The monoisotopic (exact) mass is 313 g/mol. The Morgan fingerprint density at radius 3 is 2.57 bits per heavy atom. The third-order valence-electron chi connectivity index (χ3n) is 5.44. The minimum atomic E-state index is -0.333. The third-order valence-corrected chi connectivity index (χ3v) is 5.44. The van der Waals surface area contributed by atoms with Gasteiger partial charge < -0.3 is 19.6 Å². The summed E-state index contributed by atoms with van der Waals surface area (Å²) >= 11 is 0. The molecule has 4 rings (SSSR count). The molecular weight excluding hydrogens is 289 g/mol. The quantitative estimate of drug-likeness (QED) is 0.835. The maximum atomic E-state index is 6.14. The van der Waals surface area contributed by atoms with E-state index in [9.17, 15) is 0 Å². The third kappa shape index (κ3) is 2.49. The number of imidazole rings is 1. The second kappa shape index (κ2) is 5.06. The molecule has 2 aliphatic heterocycles. The van der Waals surface area contributed by atoms with Crippen molar-refractivity contribution in [3.8, 4) is 0 Å². The average Bonchev–Trinajstić information content (AvgIpc) is 3.17. The van der Waals surface area contributed by atoms with Crippen LogP contribution in [0.4, 0.5) is 0 Å². The number of hydrogen-bond donors (Lipinski definition) is 2. The van der Waals surface area contributed by atoms with Crippen molar-refractivity contribution in [1.82, 2.24) is 15.3 Å². The summed E-state index contributed by atoms with van der Waals surface area (Å²) in [5.74, 6) is 1.03. The highest BCUT2D eigenvalue weighted by molar-refractivity contribution is 6.62. The molecule has 0 spiro atoms. The number of hydrogen-bond acceptors (Lipinski definition) is 4. The molecule has 2 saturated heterocycles. The molecule has 23 heavy (non-hydrogen) atoms. The molecule has 0 radical (unpaired) electrons. The smallest absolute Gasteiger partial charge is 0.399 e. The molecule has 2 N–H and O–H groups in total. The van der Waals surface area contributed by atoms with E-state index in [1.54, 1.807) is 0 Å². The van der Waals surface area contributed by atoms with Crippen LogP contribution < -0.4 is 10.8 Å². The number of fused-ring (bicyclic) bond motifs is 1. The van der Waals surface area contributed by atoms with Gasteiger partial charge in [-0.05, 0) is 64.7 Å². The van der Waals surface area contributed by atoms with E-state index in [2.05, 4.69) is 50.1 Å². The summed E-state index contributed by atoms with van der Waals surface area (Å²) in [5, 5.41) is 3.48. The van der Waals surface area contributed by atoms with Gasteiger partial charge in [-0.1, -0.05) is 6.07 Å². The normalized spacial score (nSPS) is 26.3. The van der Waals surface area contributed by atoms with Crippen LogP contribution in [-0.4, -0.2) is 34.8 Å². The van der Waals surface area contributed by atoms with Crippen molar-refractivity contribution < 1.29 is 9.31 Å². The van der Waals surface area contributed by atoms with Crippen LogP contribution in [0.5, 0.6) is 0 Å². The van der Waals surface area contributed by atoms with E-state index in [1.807, 2.05) is 6.07 Å². The van der Waals surface area contributed by atoms with E-state index in [-0.39, 0.29) is 18.3 Å². The molecule has 1 aromatic heterocycles. The molecule has 1 unspecified atom stereocenters. The number of nitrogens with one attached hydrogen (secondary N) is 2. The molecular formula is C17H24BN3O2. The Hall–Kier alpha value is -1.37. The number of aromatic nitrogens is 2. The Morgan fingerprint density at radius 2 is 1.91 bits per heavy atom. The Kier molecular flexibility index (Phi) is 3.34. The highest BCUT2D eigenvalue weighted by Gasteiger charge is 2.51. The first kappa shape index (κ1) is 15.2. The summed E-state index contributed by atoms with van der Waals surface area (Å²) in [6.45, 7) is 9.37. The van der Waals surface area contributed by atoms with Crippen molar-refractivity contribution in [2.24, 2.45) is 0 Å². The number of aromatic amines is 1. The van der Waals surface area contributed by atoms with E-state index in [0.29, 0.717) is 6.04 Å². The van der Waals surface area contributed by atoms with Crippen molar-refractivity contribution in [3.05, 3.63) is 24.0 Å². The number of nitrogens with zero attached hydrogens (tertiary/aromatic N) is 1. The van der Waals surface area contributed by atoms with Crippen molar-refractivity contribution >= 4 is 23.6 Å². The van der Waals surface area contributed by atoms with Gasteiger partial charge in [-0.15, -0.1) is 0 Å². The topological polar surface area (TPSA) is 59.2 Å². The maximum Gasteiger partial charge on any atom is 0.494 e. The first-order valence-corrected chi connectivity index (χ1v) is 8.44. The summed E-state index contributed by atoms with van der Waals surface area (Å²) < 4.78 is 12.3. The highest BCUT2D eigenvalue weighted by atomic mass is 16.7.